The minimum atomic E-state index is -1.42. The Balaban J connectivity index is 2.53. The zero-order valence-corrected chi connectivity index (χ0v) is 7.89. The molecule has 0 aliphatic rings. The summed E-state index contributed by atoms with van der Waals surface area (Å²) in [6.45, 7) is 0. The third kappa shape index (κ3) is 1.65. The Morgan fingerprint density at radius 2 is 2.12 bits per heavy atom. The van der Waals surface area contributed by atoms with E-state index in [0.29, 0.717) is 0 Å². The fraction of sp³-hybridized carbons (Fsp3) is 0. The van der Waals surface area contributed by atoms with Gasteiger partial charge in [-0.3, -0.25) is 0 Å². The van der Waals surface area contributed by atoms with Crippen molar-refractivity contribution in [3.05, 3.63) is 47.8 Å². The van der Waals surface area contributed by atoms with Crippen molar-refractivity contribution in [3.8, 4) is 5.69 Å². The summed E-state index contributed by atoms with van der Waals surface area (Å²) in [5, 5.41) is 12.2. The van der Waals surface area contributed by atoms with Crippen LogP contribution in [-0.4, -0.2) is 20.9 Å². The van der Waals surface area contributed by atoms with Crippen LogP contribution in [0.2, 0.25) is 0 Å². The van der Waals surface area contributed by atoms with E-state index in [9.17, 15) is 13.6 Å². The number of aromatic nitrogens is 2. The highest BCUT2D eigenvalue weighted by Gasteiger charge is 2.17. The van der Waals surface area contributed by atoms with E-state index in [1.165, 1.54) is 18.2 Å². The summed E-state index contributed by atoms with van der Waals surface area (Å²) >= 11 is 0. The van der Waals surface area contributed by atoms with Crippen molar-refractivity contribution >= 4 is 5.97 Å². The Hall–Kier alpha value is -2.24. The Labute approximate surface area is 88.7 Å². The molecule has 16 heavy (non-hydrogen) atoms. The normalized spacial score (nSPS) is 10.4. The molecule has 0 fully saturated rings. The molecule has 1 aromatic carbocycles. The van der Waals surface area contributed by atoms with Crippen molar-refractivity contribution in [3.63, 3.8) is 0 Å². The highest BCUT2D eigenvalue weighted by atomic mass is 19.1. The average molecular weight is 224 g/mol. The van der Waals surface area contributed by atoms with Gasteiger partial charge < -0.3 is 5.11 Å². The highest BCUT2D eigenvalue weighted by molar-refractivity contribution is 5.87. The number of aromatic carboxylic acids is 1. The molecule has 0 saturated heterocycles. The first-order valence-electron chi connectivity index (χ1n) is 4.32. The first-order valence-corrected chi connectivity index (χ1v) is 4.32. The predicted molar refractivity (Wildman–Crippen MR) is 50.4 cm³/mol. The second-order valence-corrected chi connectivity index (χ2v) is 3.05. The lowest BCUT2D eigenvalue weighted by atomic mass is 10.3. The molecule has 1 N–H and O–H groups in total. The number of nitrogens with zero attached hydrogens (tertiary/aromatic N) is 2. The molecule has 0 radical (unpaired) electrons. The zero-order chi connectivity index (χ0) is 11.7. The van der Waals surface area contributed by atoms with Crippen molar-refractivity contribution in [2.45, 2.75) is 0 Å². The van der Waals surface area contributed by atoms with Crippen LogP contribution in [-0.2, 0) is 0 Å². The molecule has 4 nitrogen and oxygen atoms in total. The van der Waals surface area contributed by atoms with Crippen molar-refractivity contribution in [2.24, 2.45) is 0 Å². The average Bonchev–Trinajstić information content (AvgIpc) is 2.60. The van der Waals surface area contributed by atoms with Crippen LogP contribution in [0.1, 0.15) is 10.4 Å². The molecule has 0 aliphatic carbocycles. The van der Waals surface area contributed by atoms with Crippen molar-refractivity contribution in [2.75, 3.05) is 0 Å². The monoisotopic (exact) mass is 224 g/mol. The maximum Gasteiger partial charge on any atom is 0.342 e. The smallest absolute Gasteiger partial charge is 0.342 e. The molecule has 0 saturated carbocycles. The quantitative estimate of drug-likeness (QED) is 0.846. The summed E-state index contributed by atoms with van der Waals surface area (Å²) < 4.78 is 27.1. The number of hydrogen-bond acceptors (Lipinski definition) is 2. The van der Waals surface area contributed by atoms with Crippen LogP contribution >= 0.6 is 0 Å². The Morgan fingerprint density at radius 3 is 2.69 bits per heavy atom. The van der Waals surface area contributed by atoms with Gasteiger partial charge >= 0.3 is 5.97 Å². The van der Waals surface area contributed by atoms with Crippen LogP contribution < -0.4 is 0 Å². The Morgan fingerprint density at radius 1 is 1.38 bits per heavy atom. The standard InChI is InChI=1S/C10H6F2N2O2/c11-6-2-1-3-7(4-6)14-9(12)8(5-13-14)10(15)16/h1-5H,(H,15,16). The number of benzene rings is 1. The van der Waals surface area contributed by atoms with E-state index >= 15 is 0 Å². The molecule has 1 aromatic heterocycles. The topological polar surface area (TPSA) is 55.1 Å². The third-order valence-electron chi connectivity index (χ3n) is 1.99. The molecule has 0 aliphatic heterocycles. The number of carboxylic acids is 1. The largest absolute Gasteiger partial charge is 0.477 e. The summed E-state index contributed by atoms with van der Waals surface area (Å²) in [6.07, 6.45) is 0.878. The van der Waals surface area contributed by atoms with E-state index in [2.05, 4.69) is 5.10 Å². The fourth-order valence-corrected chi connectivity index (χ4v) is 1.26. The van der Waals surface area contributed by atoms with Gasteiger partial charge in [-0.15, -0.1) is 0 Å². The second kappa shape index (κ2) is 3.73. The lowest BCUT2D eigenvalue weighted by Gasteiger charge is -2.01. The number of hydrogen-bond donors (Lipinski definition) is 1. The van der Waals surface area contributed by atoms with Crippen LogP contribution in [0.15, 0.2) is 30.5 Å². The molecular formula is C10H6F2N2O2. The van der Waals surface area contributed by atoms with E-state index in [1.807, 2.05) is 0 Å². The summed E-state index contributed by atoms with van der Waals surface area (Å²) in [5.41, 5.74) is -0.422. The lowest BCUT2D eigenvalue weighted by Crippen LogP contribution is -2.03. The van der Waals surface area contributed by atoms with Crippen LogP contribution in [0.4, 0.5) is 8.78 Å². The molecular weight excluding hydrogens is 218 g/mol. The summed E-state index contributed by atoms with van der Waals surface area (Å²) in [6, 6.07) is 5.06. The van der Waals surface area contributed by atoms with E-state index in [1.54, 1.807) is 0 Å². The Bertz CT molecular complexity index is 552. The lowest BCUT2D eigenvalue weighted by molar-refractivity contribution is 0.0691. The van der Waals surface area contributed by atoms with Crippen LogP contribution in [0, 0.1) is 11.8 Å². The van der Waals surface area contributed by atoms with E-state index in [0.717, 1.165) is 16.9 Å². The maximum atomic E-state index is 13.5. The molecule has 2 rings (SSSR count). The number of halogens is 2. The summed E-state index contributed by atoms with van der Waals surface area (Å²) in [4.78, 5) is 10.6. The van der Waals surface area contributed by atoms with E-state index < -0.39 is 23.3 Å². The van der Waals surface area contributed by atoms with Gasteiger partial charge in [-0.25, -0.2) is 13.9 Å². The molecule has 6 heteroatoms. The number of carboxylic acid groups (broad SMARTS) is 1. The van der Waals surface area contributed by atoms with Gasteiger partial charge in [0.25, 0.3) is 0 Å². The predicted octanol–water partition coefficient (Wildman–Crippen LogP) is 1.85. The van der Waals surface area contributed by atoms with Crippen molar-refractivity contribution in [1.29, 1.82) is 0 Å². The minimum Gasteiger partial charge on any atom is -0.477 e. The van der Waals surface area contributed by atoms with Gasteiger partial charge in [0.1, 0.15) is 11.4 Å². The number of carbonyl (C=O) groups is 1. The summed E-state index contributed by atoms with van der Waals surface area (Å²) in [5.74, 6) is -3.00. The molecule has 2 aromatic rings. The SMILES string of the molecule is O=C(O)c1cnn(-c2cccc(F)c2)c1F. The minimum absolute atomic E-state index is 0.130. The molecule has 0 amide bonds. The molecule has 0 spiro atoms. The first-order chi connectivity index (χ1) is 7.59. The van der Waals surface area contributed by atoms with Gasteiger partial charge in [0.2, 0.25) is 5.95 Å². The number of rotatable bonds is 2. The molecule has 0 unspecified atom stereocenters. The van der Waals surface area contributed by atoms with Crippen LogP contribution in [0.3, 0.4) is 0 Å². The van der Waals surface area contributed by atoms with Crippen molar-refractivity contribution < 1.29 is 18.7 Å². The zero-order valence-electron chi connectivity index (χ0n) is 7.89. The third-order valence-corrected chi connectivity index (χ3v) is 1.99. The second-order valence-electron chi connectivity index (χ2n) is 3.05. The van der Waals surface area contributed by atoms with E-state index in [4.69, 9.17) is 5.11 Å². The Kier molecular flexibility index (Phi) is 2.40. The van der Waals surface area contributed by atoms with Gasteiger partial charge in [-0.2, -0.15) is 9.49 Å². The molecule has 1 heterocycles. The maximum absolute atomic E-state index is 13.5. The van der Waals surface area contributed by atoms with Crippen LogP contribution in [0.25, 0.3) is 5.69 Å². The highest BCUT2D eigenvalue weighted by Crippen LogP contribution is 2.14. The van der Waals surface area contributed by atoms with Gasteiger partial charge in [0.15, 0.2) is 0 Å². The first kappa shape index (κ1) is 10.3. The molecule has 82 valence electrons. The van der Waals surface area contributed by atoms with Gasteiger partial charge in [-0.1, -0.05) is 6.07 Å². The van der Waals surface area contributed by atoms with Gasteiger partial charge in [0.05, 0.1) is 11.9 Å². The fourth-order valence-electron chi connectivity index (χ4n) is 1.26. The van der Waals surface area contributed by atoms with E-state index in [-0.39, 0.29) is 5.69 Å². The van der Waals surface area contributed by atoms with Gasteiger partial charge in [0, 0.05) is 0 Å². The van der Waals surface area contributed by atoms with Crippen molar-refractivity contribution in [1.82, 2.24) is 9.78 Å². The van der Waals surface area contributed by atoms with Crippen LogP contribution in [0.5, 0.6) is 0 Å². The summed E-state index contributed by atoms with van der Waals surface area (Å²) in [7, 11) is 0. The molecule has 0 bridgehead atoms. The van der Waals surface area contributed by atoms with Gasteiger partial charge in [-0.05, 0) is 18.2 Å². The molecule has 0 atom stereocenters.